The third-order valence-corrected chi connectivity index (χ3v) is 4.21. The van der Waals surface area contributed by atoms with Gasteiger partial charge in [-0.05, 0) is 63.6 Å². The molecule has 7 heteroatoms. The number of aryl methyl sites for hydroxylation is 1. The van der Waals surface area contributed by atoms with E-state index in [2.05, 4.69) is 5.32 Å². The van der Waals surface area contributed by atoms with Crippen LogP contribution in [0.1, 0.15) is 36.7 Å². The molecular weight excluding hydrogens is 382 g/mol. The highest BCUT2D eigenvalue weighted by atomic mass is 35.5. The molecule has 2 rings (SSSR count). The summed E-state index contributed by atoms with van der Waals surface area (Å²) in [5.41, 5.74) is 1.70. The predicted molar refractivity (Wildman–Crippen MR) is 107 cm³/mol. The van der Waals surface area contributed by atoms with E-state index in [0.717, 1.165) is 5.56 Å². The smallest absolute Gasteiger partial charge is 0.347 e. The minimum absolute atomic E-state index is 0.112. The molecule has 0 saturated carbocycles. The second kappa shape index (κ2) is 9.37. The van der Waals surface area contributed by atoms with Gasteiger partial charge in [0, 0.05) is 16.3 Å². The Morgan fingerprint density at radius 3 is 2.39 bits per heavy atom. The van der Waals surface area contributed by atoms with E-state index in [4.69, 9.17) is 21.1 Å². The van der Waals surface area contributed by atoms with E-state index < -0.39 is 24.1 Å². The fourth-order valence-corrected chi connectivity index (χ4v) is 2.59. The van der Waals surface area contributed by atoms with Crippen molar-refractivity contribution in [3.05, 3.63) is 58.6 Å². The molecule has 0 heterocycles. The first-order valence-corrected chi connectivity index (χ1v) is 9.10. The fraction of sp³-hybridized carbons (Fsp3) is 0.286. The lowest BCUT2D eigenvalue weighted by molar-refractivity contribution is -0.159. The zero-order chi connectivity index (χ0) is 20.8. The number of hydrogen-bond acceptors (Lipinski definition) is 5. The number of ether oxygens (including phenoxy) is 2. The van der Waals surface area contributed by atoms with Gasteiger partial charge < -0.3 is 14.8 Å². The highest BCUT2D eigenvalue weighted by Crippen LogP contribution is 2.23. The third-order valence-electron chi connectivity index (χ3n) is 3.97. The lowest BCUT2D eigenvalue weighted by atomic mass is 10.1. The van der Waals surface area contributed by atoms with Crippen molar-refractivity contribution in [3.63, 3.8) is 0 Å². The normalized spacial score (nSPS) is 12.6. The van der Waals surface area contributed by atoms with E-state index >= 15 is 0 Å². The summed E-state index contributed by atoms with van der Waals surface area (Å²) in [5.74, 6) is -0.788. The minimum Gasteiger partial charge on any atom is -0.479 e. The van der Waals surface area contributed by atoms with Crippen LogP contribution in [0.25, 0.3) is 0 Å². The van der Waals surface area contributed by atoms with Crippen LogP contribution in [0.5, 0.6) is 5.75 Å². The molecule has 0 fully saturated rings. The number of carbonyl (C=O) groups excluding carboxylic acids is 3. The second-order valence-corrected chi connectivity index (χ2v) is 6.81. The average molecular weight is 404 g/mol. The summed E-state index contributed by atoms with van der Waals surface area (Å²) in [4.78, 5) is 35.9. The molecule has 1 N–H and O–H groups in total. The maximum atomic E-state index is 12.3. The molecule has 148 valence electrons. The first-order chi connectivity index (χ1) is 13.2. The Balaban J connectivity index is 1.94. The highest BCUT2D eigenvalue weighted by Gasteiger charge is 2.24. The number of rotatable bonds is 7. The van der Waals surface area contributed by atoms with Crippen LogP contribution in [0.2, 0.25) is 5.02 Å². The number of amides is 1. The quantitative estimate of drug-likeness (QED) is 0.553. The SMILES string of the molecule is CC(=O)c1cccc(NC(=O)C(C)OC(=O)C(C)Oc2ccc(Cl)cc2C)c1. The Labute approximate surface area is 168 Å². The summed E-state index contributed by atoms with van der Waals surface area (Å²) in [6.45, 7) is 6.25. The molecule has 0 radical (unpaired) electrons. The largest absolute Gasteiger partial charge is 0.479 e. The zero-order valence-electron chi connectivity index (χ0n) is 16.1. The maximum Gasteiger partial charge on any atom is 0.347 e. The fourth-order valence-electron chi connectivity index (χ4n) is 2.37. The number of benzene rings is 2. The third kappa shape index (κ3) is 5.82. The second-order valence-electron chi connectivity index (χ2n) is 6.38. The van der Waals surface area contributed by atoms with Crippen molar-refractivity contribution in [1.29, 1.82) is 0 Å². The molecule has 2 aromatic rings. The summed E-state index contributed by atoms with van der Waals surface area (Å²) in [6, 6.07) is 11.6. The number of hydrogen-bond donors (Lipinski definition) is 1. The van der Waals surface area contributed by atoms with Crippen LogP contribution in [-0.2, 0) is 14.3 Å². The van der Waals surface area contributed by atoms with Crippen LogP contribution in [0, 0.1) is 6.92 Å². The van der Waals surface area contributed by atoms with Crippen LogP contribution in [0.4, 0.5) is 5.69 Å². The van der Waals surface area contributed by atoms with Crippen molar-refractivity contribution in [3.8, 4) is 5.75 Å². The summed E-state index contributed by atoms with van der Waals surface area (Å²) in [5, 5.41) is 3.19. The number of carbonyl (C=O) groups is 3. The van der Waals surface area contributed by atoms with Crippen molar-refractivity contribution >= 4 is 34.9 Å². The predicted octanol–water partition coefficient (Wildman–Crippen LogP) is 4.19. The molecule has 6 nitrogen and oxygen atoms in total. The van der Waals surface area contributed by atoms with Gasteiger partial charge in [-0.25, -0.2) is 4.79 Å². The molecule has 2 aromatic carbocycles. The topological polar surface area (TPSA) is 81.7 Å². The molecule has 0 saturated heterocycles. The van der Waals surface area contributed by atoms with E-state index in [1.165, 1.54) is 20.8 Å². The highest BCUT2D eigenvalue weighted by molar-refractivity contribution is 6.30. The summed E-state index contributed by atoms with van der Waals surface area (Å²) in [7, 11) is 0. The molecule has 0 aliphatic heterocycles. The number of Topliss-reactive ketones (excluding diaryl/α,β-unsaturated/α-hetero) is 1. The van der Waals surface area contributed by atoms with E-state index in [-0.39, 0.29) is 5.78 Å². The summed E-state index contributed by atoms with van der Waals surface area (Å²) in [6.07, 6.45) is -1.94. The Bertz CT molecular complexity index is 896. The van der Waals surface area contributed by atoms with Gasteiger partial charge in [0.05, 0.1) is 0 Å². The number of anilines is 1. The molecule has 28 heavy (non-hydrogen) atoms. The van der Waals surface area contributed by atoms with Crippen LogP contribution in [0.15, 0.2) is 42.5 Å². The lowest BCUT2D eigenvalue weighted by Gasteiger charge is -2.18. The van der Waals surface area contributed by atoms with Gasteiger partial charge in [-0.15, -0.1) is 0 Å². The van der Waals surface area contributed by atoms with E-state index in [1.54, 1.807) is 42.5 Å². The molecule has 2 atom stereocenters. The van der Waals surface area contributed by atoms with Gasteiger partial charge in [0.25, 0.3) is 5.91 Å². The molecule has 1 amide bonds. The molecule has 0 aromatic heterocycles. The van der Waals surface area contributed by atoms with E-state index in [9.17, 15) is 14.4 Å². The van der Waals surface area contributed by atoms with Crippen molar-refractivity contribution < 1.29 is 23.9 Å². The average Bonchev–Trinajstić information content (AvgIpc) is 2.63. The zero-order valence-corrected chi connectivity index (χ0v) is 16.9. The van der Waals surface area contributed by atoms with Crippen molar-refractivity contribution in [1.82, 2.24) is 0 Å². The Morgan fingerprint density at radius 1 is 1.04 bits per heavy atom. The number of ketones is 1. The molecule has 0 bridgehead atoms. The van der Waals surface area contributed by atoms with Crippen LogP contribution >= 0.6 is 11.6 Å². The van der Waals surface area contributed by atoms with Gasteiger partial charge in [0.2, 0.25) is 0 Å². The van der Waals surface area contributed by atoms with Gasteiger partial charge in [-0.3, -0.25) is 9.59 Å². The molecule has 2 unspecified atom stereocenters. The monoisotopic (exact) mass is 403 g/mol. The maximum absolute atomic E-state index is 12.3. The Hall–Kier alpha value is -2.86. The first kappa shape index (κ1) is 21.4. The van der Waals surface area contributed by atoms with Crippen LogP contribution < -0.4 is 10.1 Å². The van der Waals surface area contributed by atoms with Gasteiger partial charge in [-0.1, -0.05) is 23.7 Å². The Kier molecular flexibility index (Phi) is 7.18. The van der Waals surface area contributed by atoms with Gasteiger partial charge in [0.15, 0.2) is 18.0 Å². The first-order valence-electron chi connectivity index (χ1n) is 8.72. The van der Waals surface area contributed by atoms with Crippen LogP contribution in [-0.4, -0.2) is 29.9 Å². The lowest BCUT2D eigenvalue weighted by Crippen LogP contribution is -2.35. The van der Waals surface area contributed by atoms with Crippen molar-refractivity contribution in [2.24, 2.45) is 0 Å². The molecular formula is C21H22ClNO5. The van der Waals surface area contributed by atoms with Crippen LogP contribution in [0.3, 0.4) is 0 Å². The summed E-state index contributed by atoms with van der Waals surface area (Å²) < 4.78 is 10.8. The molecule has 0 aliphatic carbocycles. The number of esters is 1. The molecule has 0 aliphatic rings. The summed E-state index contributed by atoms with van der Waals surface area (Å²) >= 11 is 5.90. The van der Waals surface area contributed by atoms with Crippen molar-refractivity contribution in [2.45, 2.75) is 39.9 Å². The minimum atomic E-state index is -1.04. The number of nitrogens with one attached hydrogen (secondary N) is 1. The van der Waals surface area contributed by atoms with Gasteiger partial charge >= 0.3 is 5.97 Å². The van der Waals surface area contributed by atoms with E-state index in [0.29, 0.717) is 22.0 Å². The van der Waals surface area contributed by atoms with Gasteiger partial charge in [-0.2, -0.15) is 0 Å². The van der Waals surface area contributed by atoms with Crippen molar-refractivity contribution in [2.75, 3.05) is 5.32 Å². The Morgan fingerprint density at radius 2 is 1.75 bits per heavy atom. The molecule has 0 spiro atoms. The van der Waals surface area contributed by atoms with E-state index in [1.807, 2.05) is 6.92 Å². The van der Waals surface area contributed by atoms with Gasteiger partial charge in [0.1, 0.15) is 5.75 Å². The standard InChI is InChI=1S/C21H22ClNO5/c1-12-10-17(22)8-9-19(12)27-15(4)21(26)28-14(3)20(25)23-18-7-5-6-16(11-18)13(2)24/h5-11,14-15H,1-4H3,(H,23,25). The number of halogens is 1.